The number of carbonyl (C=O) groups excluding carboxylic acids is 1. The average molecular weight is 240 g/mol. The SMILES string of the molecule is COCc1sc(N)c(C(=O)NC2CC2)c1C. The van der Waals surface area contributed by atoms with Gasteiger partial charge in [-0.2, -0.15) is 0 Å². The van der Waals surface area contributed by atoms with Gasteiger partial charge in [-0.3, -0.25) is 4.79 Å². The van der Waals surface area contributed by atoms with Crippen molar-refractivity contribution in [2.24, 2.45) is 0 Å². The first kappa shape index (κ1) is 11.4. The molecule has 2 rings (SSSR count). The molecular weight excluding hydrogens is 224 g/mol. The van der Waals surface area contributed by atoms with Gasteiger partial charge in [0.25, 0.3) is 5.91 Å². The second-order valence-corrected chi connectivity index (χ2v) is 5.21. The number of rotatable bonds is 4. The Balaban J connectivity index is 2.21. The molecule has 5 heteroatoms. The number of hydrogen-bond acceptors (Lipinski definition) is 4. The summed E-state index contributed by atoms with van der Waals surface area (Å²) in [6.45, 7) is 2.43. The summed E-state index contributed by atoms with van der Waals surface area (Å²) >= 11 is 1.43. The molecule has 0 aliphatic heterocycles. The maximum atomic E-state index is 11.9. The molecule has 16 heavy (non-hydrogen) atoms. The van der Waals surface area contributed by atoms with Crippen molar-refractivity contribution in [3.8, 4) is 0 Å². The zero-order chi connectivity index (χ0) is 11.7. The Bertz CT molecular complexity index is 410. The third-order valence-electron chi connectivity index (χ3n) is 2.69. The summed E-state index contributed by atoms with van der Waals surface area (Å²) in [5.74, 6) is -0.0453. The van der Waals surface area contributed by atoms with Crippen LogP contribution in [-0.4, -0.2) is 19.1 Å². The van der Waals surface area contributed by atoms with Crippen LogP contribution in [-0.2, 0) is 11.3 Å². The number of thiophene rings is 1. The van der Waals surface area contributed by atoms with E-state index in [1.165, 1.54) is 11.3 Å². The predicted octanol–water partition coefficient (Wildman–Crippen LogP) is 1.68. The molecule has 4 nitrogen and oxygen atoms in total. The molecule has 1 aliphatic carbocycles. The van der Waals surface area contributed by atoms with Gasteiger partial charge in [-0.1, -0.05) is 0 Å². The summed E-state index contributed by atoms with van der Waals surface area (Å²) in [5.41, 5.74) is 7.45. The molecule has 0 saturated heterocycles. The number of amides is 1. The van der Waals surface area contributed by atoms with Gasteiger partial charge in [-0.05, 0) is 25.3 Å². The van der Waals surface area contributed by atoms with E-state index in [9.17, 15) is 4.79 Å². The Labute approximate surface area is 98.8 Å². The summed E-state index contributed by atoms with van der Waals surface area (Å²) in [4.78, 5) is 13.0. The lowest BCUT2D eigenvalue weighted by molar-refractivity contribution is 0.0951. The minimum atomic E-state index is -0.0453. The van der Waals surface area contributed by atoms with Crippen molar-refractivity contribution in [2.45, 2.75) is 32.4 Å². The fraction of sp³-hybridized carbons (Fsp3) is 0.545. The molecule has 1 saturated carbocycles. The molecule has 3 N–H and O–H groups in total. The van der Waals surface area contributed by atoms with E-state index in [4.69, 9.17) is 10.5 Å². The maximum Gasteiger partial charge on any atom is 0.254 e. The van der Waals surface area contributed by atoms with Gasteiger partial charge in [-0.25, -0.2) is 0 Å². The molecule has 0 spiro atoms. The van der Waals surface area contributed by atoms with Crippen molar-refractivity contribution in [3.05, 3.63) is 16.0 Å². The summed E-state index contributed by atoms with van der Waals surface area (Å²) in [6.07, 6.45) is 2.17. The smallest absolute Gasteiger partial charge is 0.254 e. The van der Waals surface area contributed by atoms with Crippen LogP contribution in [0.4, 0.5) is 5.00 Å². The lowest BCUT2D eigenvalue weighted by atomic mass is 10.1. The molecule has 0 radical (unpaired) electrons. The first-order valence-corrected chi connectivity index (χ1v) is 6.12. The highest BCUT2D eigenvalue weighted by molar-refractivity contribution is 7.16. The van der Waals surface area contributed by atoms with Gasteiger partial charge in [-0.15, -0.1) is 11.3 Å². The van der Waals surface area contributed by atoms with Gasteiger partial charge < -0.3 is 15.8 Å². The van der Waals surface area contributed by atoms with Gasteiger partial charge in [0.1, 0.15) is 0 Å². The first-order valence-electron chi connectivity index (χ1n) is 5.31. The van der Waals surface area contributed by atoms with E-state index < -0.39 is 0 Å². The van der Waals surface area contributed by atoms with E-state index in [1.807, 2.05) is 6.92 Å². The molecule has 1 aromatic rings. The molecule has 0 atom stereocenters. The number of anilines is 1. The van der Waals surface area contributed by atoms with Crippen molar-refractivity contribution in [1.29, 1.82) is 0 Å². The number of nitrogen functional groups attached to an aromatic ring is 1. The van der Waals surface area contributed by atoms with Crippen molar-refractivity contribution in [3.63, 3.8) is 0 Å². The highest BCUT2D eigenvalue weighted by Crippen LogP contribution is 2.31. The summed E-state index contributed by atoms with van der Waals surface area (Å²) in [5, 5.41) is 3.54. The van der Waals surface area contributed by atoms with Crippen molar-refractivity contribution in [1.82, 2.24) is 5.32 Å². The van der Waals surface area contributed by atoms with Gasteiger partial charge >= 0.3 is 0 Å². The second-order valence-electron chi connectivity index (χ2n) is 4.07. The summed E-state index contributed by atoms with van der Waals surface area (Å²) < 4.78 is 5.07. The quantitative estimate of drug-likeness (QED) is 0.841. The van der Waals surface area contributed by atoms with E-state index in [0.717, 1.165) is 23.3 Å². The van der Waals surface area contributed by atoms with Crippen molar-refractivity contribution in [2.75, 3.05) is 12.8 Å². The van der Waals surface area contributed by atoms with Crippen LogP contribution in [0.2, 0.25) is 0 Å². The number of methoxy groups -OCH3 is 1. The molecule has 0 aromatic carbocycles. The highest BCUT2D eigenvalue weighted by Gasteiger charge is 2.27. The lowest BCUT2D eigenvalue weighted by Gasteiger charge is -2.04. The Morgan fingerprint density at radius 3 is 2.88 bits per heavy atom. The Kier molecular flexibility index (Phi) is 3.16. The Morgan fingerprint density at radius 1 is 1.62 bits per heavy atom. The number of hydrogen-bond donors (Lipinski definition) is 2. The van der Waals surface area contributed by atoms with Gasteiger partial charge in [0.05, 0.1) is 17.2 Å². The summed E-state index contributed by atoms with van der Waals surface area (Å²) in [6, 6.07) is 0.358. The maximum absolute atomic E-state index is 11.9. The minimum Gasteiger partial charge on any atom is -0.390 e. The molecule has 1 aromatic heterocycles. The second kappa shape index (κ2) is 4.43. The predicted molar refractivity (Wildman–Crippen MR) is 64.7 cm³/mol. The molecule has 88 valence electrons. The van der Waals surface area contributed by atoms with Gasteiger partial charge in [0.2, 0.25) is 0 Å². The monoisotopic (exact) mass is 240 g/mol. The van der Waals surface area contributed by atoms with E-state index in [-0.39, 0.29) is 5.91 Å². The van der Waals surface area contributed by atoms with Crippen LogP contribution < -0.4 is 11.1 Å². The molecule has 0 unspecified atom stereocenters. The van der Waals surface area contributed by atoms with E-state index in [0.29, 0.717) is 23.2 Å². The van der Waals surface area contributed by atoms with E-state index in [1.54, 1.807) is 7.11 Å². The Morgan fingerprint density at radius 2 is 2.31 bits per heavy atom. The van der Waals surface area contributed by atoms with Crippen LogP contribution in [0.15, 0.2) is 0 Å². The molecule has 0 bridgehead atoms. The van der Waals surface area contributed by atoms with Gasteiger partial charge in [0, 0.05) is 18.0 Å². The fourth-order valence-corrected chi connectivity index (χ4v) is 2.67. The van der Waals surface area contributed by atoms with Crippen LogP contribution in [0.5, 0.6) is 0 Å². The average Bonchev–Trinajstić information content (AvgIpc) is 2.96. The number of nitrogens with one attached hydrogen (secondary N) is 1. The fourth-order valence-electron chi connectivity index (χ4n) is 1.62. The third-order valence-corrected chi connectivity index (χ3v) is 3.78. The topological polar surface area (TPSA) is 64.3 Å². The van der Waals surface area contributed by atoms with Crippen LogP contribution >= 0.6 is 11.3 Å². The summed E-state index contributed by atoms with van der Waals surface area (Å²) in [7, 11) is 1.64. The van der Waals surface area contributed by atoms with Crippen molar-refractivity contribution < 1.29 is 9.53 Å². The van der Waals surface area contributed by atoms with Gasteiger partial charge in [0.15, 0.2) is 0 Å². The number of nitrogens with two attached hydrogens (primary N) is 1. The van der Waals surface area contributed by atoms with Crippen molar-refractivity contribution >= 4 is 22.2 Å². The van der Waals surface area contributed by atoms with Crippen LogP contribution in [0.25, 0.3) is 0 Å². The van der Waals surface area contributed by atoms with Crippen LogP contribution in [0, 0.1) is 6.92 Å². The number of carbonyl (C=O) groups is 1. The zero-order valence-corrected chi connectivity index (χ0v) is 10.3. The number of ether oxygens (including phenoxy) is 1. The normalized spacial score (nSPS) is 15.1. The minimum absolute atomic E-state index is 0.0453. The third kappa shape index (κ3) is 2.20. The van der Waals surface area contributed by atoms with Crippen LogP contribution in [0.1, 0.15) is 33.6 Å². The molecule has 1 amide bonds. The highest BCUT2D eigenvalue weighted by atomic mass is 32.1. The molecule has 1 fully saturated rings. The van der Waals surface area contributed by atoms with E-state index in [2.05, 4.69) is 5.32 Å². The lowest BCUT2D eigenvalue weighted by Crippen LogP contribution is -2.26. The standard InChI is InChI=1S/C11H16N2O2S/c1-6-8(5-15-2)16-10(12)9(6)11(14)13-7-3-4-7/h7H,3-5,12H2,1-2H3,(H,13,14). The Hall–Kier alpha value is -1.07. The van der Waals surface area contributed by atoms with E-state index >= 15 is 0 Å². The van der Waals surface area contributed by atoms with Crippen LogP contribution in [0.3, 0.4) is 0 Å². The zero-order valence-electron chi connectivity index (χ0n) is 9.50. The molecular formula is C11H16N2O2S. The molecule has 1 aliphatic rings. The molecule has 1 heterocycles. The largest absolute Gasteiger partial charge is 0.390 e. The first-order chi connectivity index (χ1) is 7.63.